The lowest BCUT2D eigenvalue weighted by atomic mass is 10.0. The minimum Gasteiger partial charge on any atom is -0.481 e. The smallest absolute Gasteiger partial charge is 0.249 e. The second kappa shape index (κ2) is 10.1. The van der Waals surface area contributed by atoms with Crippen LogP contribution in [0.3, 0.4) is 0 Å². The molecule has 1 saturated heterocycles. The Hall–Kier alpha value is -2.51. The fourth-order valence-corrected chi connectivity index (χ4v) is 3.63. The van der Waals surface area contributed by atoms with Crippen LogP contribution in [0.1, 0.15) is 24.1 Å². The van der Waals surface area contributed by atoms with Crippen LogP contribution in [0, 0.1) is 0 Å². The topological polar surface area (TPSA) is 67.8 Å². The number of likely N-dealkylation sites (tertiary alicyclic amines) is 1. The van der Waals surface area contributed by atoms with E-state index in [-0.39, 0.29) is 18.6 Å². The Balaban J connectivity index is 1.69. The van der Waals surface area contributed by atoms with E-state index in [1.54, 1.807) is 20.4 Å². The average molecular weight is 384 g/mol. The summed E-state index contributed by atoms with van der Waals surface area (Å²) in [5.41, 5.74) is 2.00. The van der Waals surface area contributed by atoms with E-state index in [9.17, 15) is 4.79 Å². The van der Waals surface area contributed by atoms with Crippen molar-refractivity contribution in [2.75, 3.05) is 33.9 Å². The first-order valence-corrected chi connectivity index (χ1v) is 9.59. The Kier molecular flexibility index (Phi) is 7.33. The number of rotatable bonds is 8. The summed E-state index contributed by atoms with van der Waals surface area (Å²) in [6.45, 7) is 3.19. The summed E-state index contributed by atoms with van der Waals surface area (Å²) in [5, 5.41) is 0. The zero-order valence-corrected chi connectivity index (χ0v) is 16.6. The number of pyridine rings is 2. The molecule has 0 radical (unpaired) electrons. The van der Waals surface area contributed by atoms with E-state index in [4.69, 9.17) is 9.47 Å². The van der Waals surface area contributed by atoms with Crippen molar-refractivity contribution in [3.05, 3.63) is 54.0 Å². The lowest BCUT2D eigenvalue weighted by Gasteiger charge is -2.39. The van der Waals surface area contributed by atoms with Gasteiger partial charge >= 0.3 is 0 Å². The molecule has 0 bridgehead atoms. The van der Waals surface area contributed by atoms with Gasteiger partial charge in [-0.3, -0.25) is 14.7 Å². The van der Waals surface area contributed by atoms with Gasteiger partial charge in [-0.05, 0) is 37.1 Å². The van der Waals surface area contributed by atoms with Crippen LogP contribution in [-0.2, 0) is 22.6 Å². The standard InChI is InChI=1S/C21H28N4O3/c1-27-16-21(26)25(13-17-6-4-10-22-12-17)19-8-5-11-24(15-19)14-18-7-3-9-20(23-18)28-2/h3-4,6-7,9-10,12,19H,5,8,11,13-16H2,1-2H3. The van der Waals surface area contributed by atoms with E-state index < -0.39 is 0 Å². The highest BCUT2D eigenvalue weighted by Gasteiger charge is 2.29. The van der Waals surface area contributed by atoms with Crippen molar-refractivity contribution in [2.45, 2.75) is 32.0 Å². The molecule has 0 N–H and O–H groups in total. The van der Waals surface area contributed by atoms with Gasteiger partial charge in [0.1, 0.15) is 6.61 Å². The third kappa shape index (κ3) is 5.50. The quantitative estimate of drug-likeness (QED) is 0.695. The van der Waals surface area contributed by atoms with Crippen molar-refractivity contribution in [1.82, 2.24) is 19.8 Å². The summed E-state index contributed by atoms with van der Waals surface area (Å²) < 4.78 is 10.3. The van der Waals surface area contributed by atoms with Gasteiger partial charge in [-0.15, -0.1) is 0 Å². The van der Waals surface area contributed by atoms with E-state index in [0.29, 0.717) is 12.4 Å². The fraction of sp³-hybridized carbons (Fsp3) is 0.476. The molecule has 150 valence electrons. The van der Waals surface area contributed by atoms with Crippen LogP contribution in [0.4, 0.5) is 0 Å². The molecule has 2 aromatic heterocycles. The molecule has 1 unspecified atom stereocenters. The molecule has 1 aliphatic heterocycles. The highest BCUT2D eigenvalue weighted by Crippen LogP contribution is 2.20. The summed E-state index contributed by atoms with van der Waals surface area (Å²) in [5.74, 6) is 0.636. The van der Waals surface area contributed by atoms with Crippen LogP contribution < -0.4 is 4.74 Å². The van der Waals surface area contributed by atoms with Crippen LogP contribution in [0.25, 0.3) is 0 Å². The molecule has 3 rings (SSSR count). The number of nitrogens with zero attached hydrogens (tertiary/aromatic N) is 4. The predicted octanol–water partition coefficient (Wildman–Crippen LogP) is 2.12. The highest BCUT2D eigenvalue weighted by atomic mass is 16.5. The average Bonchev–Trinajstić information content (AvgIpc) is 2.73. The van der Waals surface area contributed by atoms with Crippen LogP contribution in [0.5, 0.6) is 5.88 Å². The third-order valence-electron chi connectivity index (χ3n) is 4.96. The first-order chi connectivity index (χ1) is 13.7. The predicted molar refractivity (Wildman–Crippen MR) is 106 cm³/mol. The number of ether oxygens (including phenoxy) is 2. The number of amides is 1. The van der Waals surface area contributed by atoms with Gasteiger partial charge in [0.2, 0.25) is 11.8 Å². The molecule has 0 aliphatic carbocycles. The summed E-state index contributed by atoms with van der Waals surface area (Å²) in [6.07, 6.45) is 5.58. The molecule has 3 heterocycles. The van der Waals surface area contributed by atoms with Crippen LogP contribution in [0.15, 0.2) is 42.7 Å². The monoisotopic (exact) mass is 384 g/mol. The molecular formula is C21H28N4O3. The number of methoxy groups -OCH3 is 2. The van der Waals surface area contributed by atoms with Crippen LogP contribution in [0.2, 0.25) is 0 Å². The van der Waals surface area contributed by atoms with Gasteiger partial charge in [0, 0.05) is 51.2 Å². The second-order valence-electron chi connectivity index (χ2n) is 7.02. The van der Waals surface area contributed by atoms with E-state index in [1.807, 2.05) is 41.4 Å². The van der Waals surface area contributed by atoms with Crippen LogP contribution >= 0.6 is 0 Å². The zero-order chi connectivity index (χ0) is 19.8. The van der Waals surface area contributed by atoms with E-state index >= 15 is 0 Å². The van der Waals surface area contributed by atoms with Crippen molar-refractivity contribution in [3.8, 4) is 5.88 Å². The molecule has 1 atom stereocenters. The number of piperidine rings is 1. The maximum atomic E-state index is 12.7. The molecular weight excluding hydrogens is 356 g/mol. The fourth-order valence-electron chi connectivity index (χ4n) is 3.63. The Morgan fingerprint density at radius 1 is 1.29 bits per heavy atom. The normalized spacial score (nSPS) is 17.3. The first-order valence-electron chi connectivity index (χ1n) is 9.59. The van der Waals surface area contributed by atoms with Gasteiger partial charge in [-0.2, -0.15) is 0 Å². The number of carbonyl (C=O) groups excluding carboxylic acids is 1. The Morgan fingerprint density at radius 2 is 2.18 bits per heavy atom. The summed E-state index contributed by atoms with van der Waals surface area (Å²) in [6, 6.07) is 9.86. The van der Waals surface area contributed by atoms with Crippen molar-refractivity contribution < 1.29 is 14.3 Å². The highest BCUT2D eigenvalue weighted by molar-refractivity contribution is 5.77. The summed E-state index contributed by atoms with van der Waals surface area (Å²) in [7, 11) is 3.18. The Morgan fingerprint density at radius 3 is 2.93 bits per heavy atom. The van der Waals surface area contributed by atoms with Gasteiger partial charge in [0.25, 0.3) is 0 Å². The van der Waals surface area contributed by atoms with E-state index in [1.165, 1.54) is 0 Å². The zero-order valence-electron chi connectivity index (χ0n) is 16.6. The molecule has 0 aromatic carbocycles. The number of hydrogen-bond acceptors (Lipinski definition) is 6. The molecule has 2 aromatic rings. The summed E-state index contributed by atoms with van der Waals surface area (Å²) in [4.78, 5) is 25.7. The second-order valence-corrected chi connectivity index (χ2v) is 7.02. The van der Waals surface area contributed by atoms with Gasteiger partial charge in [0.15, 0.2) is 0 Å². The molecule has 1 amide bonds. The molecule has 1 aliphatic rings. The van der Waals surface area contributed by atoms with Crippen molar-refractivity contribution in [3.63, 3.8) is 0 Å². The minimum absolute atomic E-state index is 0.0118. The van der Waals surface area contributed by atoms with E-state index in [2.05, 4.69) is 14.9 Å². The molecule has 7 heteroatoms. The van der Waals surface area contributed by atoms with E-state index in [0.717, 1.165) is 43.7 Å². The van der Waals surface area contributed by atoms with Gasteiger partial charge in [-0.25, -0.2) is 4.98 Å². The molecule has 7 nitrogen and oxygen atoms in total. The number of aromatic nitrogens is 2. The maximum Gasteiger partial charge on any atom is 0.249 e. The van der Waals surface area contributed by atoms with Crippen molar-refractivity contribution >= 4 is 5.91 Å². The number of hydrogen-bond donors (Lipinski definition) is 0. The first kappa shape index (κ1) is 20.2. The largest absolute Gasteiger partial charge is 0.481 e. The van der Waals surface area contributed by atoms with Crippen molar-refractivity contribution in [2.24, 2.45) is 0 Å². The summed E-state index contributed by atoms with van der Waals surface area (Å²) >= 11 is 0. The molecule has 0 saturated carbocycles. The molecule has 0 spiro atoms. The third-order valence-corrected chi connectivity index (χ3v) is 4.96. The van der Waals surface area contributed by atoms with Crippen LogP contribution in [-0.4, -0.2) is 65.6 Å². The maximum absolute atomic E-state index is 12.7. The van der Waals surface area contributed by atoms with Gasteiger partial charge in [-0.1, -0.05) is 12.1 Å². The lowest BCUT2D eigenvalue weighted by Crippen LogP contribution is -2.50. The Labute approximate surface area is 166 Å². The van der Waals surface area contributed by atoms with Gasteiger partial charge < -0.3 is 14.4 Å². The minimum atomic E-state index is 0.0118. The van der Waals surface area contributed by atoms with Gasteiger partial charge in [0.05, 0.1) is 12.8 Å². The molecule has 28 heavy (non-hydrogen) atoms. The SMILES string of the molecule is COCC(=O)N(Cc1cccnc1)C1CCCN(Cc2cccc(OC)n2)C1. The lowest BCUT2D eigenvalue weighted by molar-refractivity contribution is -0.139. The Bertz CT molecular complexity index is 756. The molecule has 1 fully saturated rings. The van der Waals surface area contributed by atoms with Crippen molar-refractivity contribution in [1.29, 1.82) is 0 Å². The number of carbonyl (C=O) groups is 1.